The molecule has 2 aromatic rings. The monoisotopic (exact) mass is 341 g/mol. The number of aryl methyl sites for hydroxylation is 1. The van der Waals surface area contributed by atoms with Crippen LogP contribution in [0.4, 0.5) is 5.69 Å². The summed E-state index contributed by atoms with van der Waals surface area (Å²) >= 11 is 0. The highest BCUT2D eigenvalue weighted by Crippen LogP contribution is 2.22. The Morgan fingerprint density at radius 3 is 2.60 bits per heavy atom. The summed E-state index contributed by atoms with van der Waals surface area (Å²) in [7, 11) is 1.66. The van der Waals surface area contributed by atoms with Crippen molar-refractivity contribution in [2.75, 3.05) is 38.2 Å². The standard InChI is InChI=1S/C19H23N3O3/c1-25-17-6-4-5-16(15-17)20-11-13-22(14-12-20)19(24)8-10-21-9-3-2-7-18(21)23/h2-7,9,15H,8,10-14H2,1H3. The number of pyridine rings is 1. The lowest BCUT2D eigenvalue weighted by Crippen LogP contribution is -2.49. The van der Waals surface area contributed by atoms with Gasteiger partial charge in [-0.1, -0.05) is 12.1 Å². The molecule has 25 heavy (non-hydrogen) atoms. The van der Waals surface area contributed by atoms with Gasteiger partial charge in [0.15, 0.2) is 0 Å². The molecule has 1 amide bonds. The van der Waals surface area contributed by atoms with Crippen molar-refractivity contribution >= 4 is 11.6 Å². The molecular formula is C19H23N3O3. The molecule has 3 rings (SSSR count). The number of carbonyl (C=O) groups excluding carboxylic acids is 1. The molecule has 0 radical (unpaired) electrons. The van der Waals surface area contributed by atoms with Gasteiger partial charge in [-0.15, -0.1) is 0 Å². The fourth-order valence-corrected chi connectivity index (χ4v) is 3.04. The second-order valence-corrected chi connectivity index (χ2v) is 6.05. The van der Waals surface area contributed by atoms with Crippen LogP contribution in [0.25, 0.3) is 0 Å². The zero-order chi connectivity index (χ0) is 17.6. The minimum absolute atomic E-state index is 0.0712. The summed E-state index contributed by atoms with van der Waals surface area (Å²) < 4.78 is 6.84. The highest BCUT2D eigenvalue weighted by molar-refractivity contribution is 5.76. The topological polar surface area (TPSA) is 54.8 Å². The summed E-state index contributed by atoms with van der Waals surface area (Å²) in [5.74, 6) is 0.936. The molecule has 1 fully saturated rings. The first-order valence-electron chi connectivity index (χ1n) is 8.49. The highest BCUT2D eigenvalue weighted by atomic mass is 16.5. The van der Waals surface area contributed by atoms with Crippen molar-refractivity contribution in [2.24, 2.45) is 0 Å². The normalized spacial score (nSPS) is 14.4. The first-order chi connectivity index (χ1) is 12.2. The number of hydrogen-bond acceptors (Lipinski definition) is 4. The fraction of sp³-hybridized carbons (Fsp3) is 0.368. The second kappa shape index (κ2) is 7.88. The van der Waals surface area contributed by atoms with Crippen molar-refractivity contribution in [3.63, 3.8) is 0 Å². The molecule has 2 heterocycles. The predicted molar refractivity (Wildman–Crippen MR) is 97.1 cm³/mol. The van der Waals surface area contributed by atoms with Crippen LogP contribution in [-0.4, -0.2) is 48.7 Å². The van der Waals surface area contributed by atoms with Gasteiger partial charge in [-0.2, -0.15) is 0 Å². The number of amides is 1. The van der Waals surface area contributed by atoms with E-state index in [9.17, 15) is 9.59 Å². The summed E-state index contributed by atoms with van der Waals surface area (Å²) in [4.78, 5) is 28.2. The summed E-state index contributed by atoms with van der Waals surface area (Å²) in [6, 6.07) is 13.0. The predicted octanol–water partition coefficient (Wildman–Crippen LogP) is 1.60. The number of rotatable bonds is 5. The minimum atomic E-state index is -0.0712. The fourth-order valence-electron chi connectivity index (χ4n) is 3.04. The summed E-state index contributed by atoms with van der Waals surface area (Å²) in [5, 5.41) is 0. The largest absolute Gasteiger partial charge is 0.497 e. The number of piperazine rings is 1. The number of benzene rings is 1. The highest BCUT2D eigenvalue weighted by Gasteiger charge is 2.21. The summed E-state index contributed by atoms with van der Waals surface area (Å²) in [6.07, 6.45) is 2.07. The van der Waals surface area contributed by atoms with Gasteiger partial charge >= 0.3 is 0 Å². The Hall–Kier alpha value is -2.76. The van der Waals surface area contributed by atoms with E-state index < -0.39 is 0 Å². The maximum absolute atomic E-state index is 12.4. The maximum atomic E-state index is 12.4. The Balaban J connectivity index is 1.52. The quantitative estimate of drug-likeness (QED) is 0.829. The van der Waals surface area contributed by atoms with E-state index in [1.807, 2.05) is 23.1 Å². The van der Waals surface area contributed by atoms with E-state index >= 15 is 0 Å². The van der Waals surface area contributed by atoms with Crippen molar-refractivity contribution in [1.29, 1.82) is 0 Å². The third-order valence-corrected chi connectivity index (χ3v) is 4.52. The van der Waals surface area contributed by atoms with Gasteiger partial charge in [0.25, 0.3) is 5.56 Å². The van der Waals surface area contributed by atoms with E-state index in [2.05, 4.69) is 11.0 Å². The second-order valence-electron chi connectivity index (χ2n) is 6.05. The van der Waals surface area contributed by atoms with E-state index in [1.165, 1.54) is 6.07 Å². The van der Waals surface area contributed by atoms with Gasteiger partial charge in [-0.05, 0) is 18.2 Å². The Bertz CT molecular complexity index is 779. The van der Waals surface area contributed by atoms with Crippen molar-refractivity contribution < 1.29 is 9.53 Å². The van der Waals surface area contributed by atoms with Crippen molar-refractivity contribution in [3.8, 4) is 5.75 Å². The number of nitrogens with zero attached hydrogens (tertiary/aromatic N) is 3. The Morgan fingerprint density at radius 1 is 1.08 bits per heavy atom. The zero-order valence-electron chi connectivity index (χ0n) is 14.4. The van der Waals surface area contributed by atoms with Crippen LogP contribution in [0.5, 0.6) is 5.75 Å². The molecule has 0 saturated carbocycles. The lowest BCUT2D eigenvalue weighted by atomic mass is 10.2. The zero-order valence-corrected chi connectivity index (χ0v) is 14.4. The first kappa shape index (κ1) is 17.1. The molecule has 1 aliphatic heterocycles. The van der Waals surface area contributed by atoms with E-state index in [4.69, 9.17) is 4.74 Å². The Kier molecular flexibility index (Phi) is 5.38. The van der Waals surface area contributed by atoms with Gasteiger partial charge in [0.2, 0.25) is 5.91 Å². The van der Waals surface area contributed by atoms with E-state index in [0.717, 1.165) is 24.5 Å². The molecule has 6 nitrogen and oxygen atoms in total. The average Bonchev–Trinajstić information content (AvgIpc) is 2.67. The number of methoxy groups -OCH3 is 1. The Morgan fingerprint density at radius 2 is 1.88 bits per heavy atom. The van der Waals surface area contributed by atoms with Gasteiger partial charge in [-0.25, -0.2) is 0 Å². The van der Waals surface area contributed by atoms with Gasteiger partial charge in [0, 0.05) is 63.2 Å². The van der Waals surface area contributed by atoms with Crippen LogP contribution in [0.2, 0.25) is 0 Å². The molecule has 1 saturated heterocycles. The number of anilines is 1. The smallest absolute Gasteiger partial charge is 0.250 e. The average molecular weight is 341 g/mol. The van der Waals surface area contributed by atoms with Gasteiger partial charge in [0.05, 0.1) is 7.11 Å². The van der Waals surface area contributed by atoms with Gasteiger partial charge < -0.3 is 19.1 Å². The summed E-state index contributed by atoms with van der Waals surface area (Å²) in [5.41, 5.74) is 1.04. The van der Waals surface area contributed by atoms with Crippen molar-refractivity contribution in [3.05, 3.63) is 59.0 Å². The maximum Gasteiger partial charge on any atom is 0.250 e. The third kappa shape index (κ3) is 4.21. The van der Waals surface area contributed by atoms with Crippen molar-refractivity contribution in [1.82, 2.24) is 9.47 Å². The molecule has 1 aromatic heterocycles. The van der Waals surface area contributed by atoms with E-state index in [-0.39, 0.29) is 11.5 Å². The molecule has 132 valence electrons. The molecule has 1 aliphatic rings. The molecule has 1 aromatic carbocycles. The van der Waals surface area contributed by atoms with Crippen LogP contribution in [0.3, 0.4) is 0 Å². The lowest BCUT2D eigenvalue weighted by Gasteiger charge is -2.36. The van der Waals surface area contributed by atoms with Crippen LogP contribution in [-0.2, 0) is 11.3 Å². The SMILES string of the molecule is COc1cccc(N2CCN(C(=O)CCn3ccccc3=O)CC2)c1. The third-order valence-electron chi connectivity index (χ3n) is 4.52. The minimum Gasteiger partial charge on any atom is -0.497 e. The molecule has 0 atom stereocenters. The molecule has 0 spiro atoms. The molecule has 6 heteroatoms. The van der Waals surface area contributed by atoms with Crippen molar-refractivity contribution in [2.45, 2.75) is 13.0 Å². The van der Waals surface area contributed by atoms with Gasteiger partial charge in [0.1, 0.15) is 5.75 Å². The van der Waals surface area contributed by atoms with Gasteiger partial charge in [-0.3, -0.25) is 9.59 Å². The Labute approximate surface area is 147 Å². The molecule has 0 unspecified atom stereocenters. The van der Waals surface area contributed by atoms with Crippen LogP contribution < -0.4 is 15.2 Å². The molecule has 0 bridgehead atoms. The molecule has 0 aliphatic carbocycles. The first-order valence-corrected chi connectivity index (χ1v) is 8.49. The number of hydrogen-bond donors (Lipinski definition) is 0. The number of aromatic nitrogens is 1. The lowest BCUT2D eigenvalue weighted by molar-refractivity contribution is -0.131. The van der Waals surface area contributed by atoms with Crippen LogP contribution >= 0.6 is 0 Å². The van der Waals surface area contributed by atoms with Crippen LogP contribution in [0.1, 0.15) is 6.42 Å². The molecular weight excluding hydrogens is 318 g/mol. The molecule has 0 N–H and O–H groups in total. The number of carbonyl (C=O) groups is 1. The number of ether oxygens (including phenoxy) is 1. The summed E-state index contributed by atoms with van der Waals surface area (Å²) in [6.45, 7) is 3.41. The van der Waals surface area contributed by atoms with Crippen LogP contribution in [0, 0.1) is 0 Å². The van der Waals surface area contributed by atoms with Crippen LogP contribution in [0.15, 0.2) is 53.5 Å². The van der Waals surface area contributed by atoms with E-state index in [0.29, 0.717) is 26.1 Å². The van der Waals surface area contributed by atoms with E-state index in [1.54, 1.807) is 30.0 Å².